The van der Waals surface area contributed by atoms with Gasteiger partial charge < -0.3 is 24.5 Å². The third kappa shape index (κ3) is 6.35. The molecule has 2 aliphatic heterocycles. The van der Waals surface area contributed by atoms with Crippen LogP contribution in [-0.2, 0) is 25.6 Å². The maximum Gasteiger partial charge on any atom is 0.344 e. The van der Waals surface area contributed by atoms with Gasteiger partial charge in [-0.1, -0.05) is 45.4 Å². The number of aliphatic imine (C=N–C) groups is 1. The Labute approximate surface area is 245 Å². The minimum absolute atomic E-state index is 0.0390. The predicted molar refractivity (Wildman–Crippen MR) is 162 cm³/mol. The number of carbonyl (C=O) groups excluding carboxylic acids is 2. The van der Waals surface area contributed by atoms with Gasteiger partial charge >= 0.3 is 5.97 Å². The van der Waals surface area contributed by atoms with Crippen molar-refractivity contribution in [3.8, 4) is 0 Å². The summed E-state index contributed by atoms with van der Waals surface area (Å²) in [5.74, 6) is -0.918. The second-order valence-electron chi connectivity index (χ2n) is 9.62. The topological polar surface area (TPSA) is 102 Å². The number of thioether (sulfide) groups is 1. The lowest BCUT2D eigenvalue weighted by Crippen LogP contribution is -2.34. The summed E-state index contributed by atoms with van der Waals surface area (Å²) in [6.45, 7) is 5.25. The molecule has 2 aromatic carbocycles. The van der Waals surface area contributed by atoms with Crippen LogP contribution >= 0.6 is 27.7 Å². The lowest BCUT2D eigenvalue weighted by Gasteiger charge is -2.11. The van der Waals surface area contributed by atoms with Gasteiger partial charge in [0.2, 0.25) is 5.91 Å². The summed E-state index contributed by atoms with van der Waals surface area (Å²) in [4.78, 5) is 30.7. The number of aromatic nitrogens is 1. The number of rotatable bonds is 8. The molecule has 10 heteroatoms. The number of benzene rings is 2. The van der Waals surface area contributed by atoms with E-state index in [0.29, 0.717) is 22.2 Å². The predicted octanol–water partition coefficient (Wildman–Crippen LogP) is 6.20. The fourth-order valence-electron chi connectivity index (χ4n) is 4.66. The van der Waals surface area contributed by atoms with E-state index < -0.39 is 5.97 Å². The monoisotopic (exact) mass is 623 g/mol. The molecule has 1 atom stereocenters. The molecule has 0 bridgehead atoms. The van der Waals surface area contributed by atoms with Gasteiger partial charge in [-0.2, -0.15) is 0 Å². The first kappa shape index (κ1) is 28.2. The summed E-state index contributed by atoms with van der Waals surface area (Å²) >= 11 is 4.75. The van der Waals surface area contributed by atoms with Crippen LogP contribution in [0, 0.1) is 6.92 Å². The van der Waals surface area contributed by atoms with E-state index in [1.54, 1.807) is 6.92 Å². The quantitative estimate of drug-likeness (QED) is 0.290. The molecule has 1 saturated heterocycles. The molecule has 1 fully saturated rings. The Morgan fingerprint density at radius 3 is 2.80 bits per heavy atom. The lowest BCUT2D eigenvalue weighted by molar-refractivity contribution is -0.138. The van der Waals surface area contributed by atoms with Gasteiger partial charge in [0, 0.05) is 40.3 Å². The first-order valence-corrected chi connectivity index (χ1v) is 14.8. The highest BCUT2D eigenvalue weighted by molar-refractivity contribution is 9.10. The Morgan fingerprint density at radius 1 is 1.27 bits per heavy atom. The number of hydrogen-bond acceptors (Lipinski definition) is 7. The molecule has 2 aliphatic rings. The number of nitrogens with zero attached hydrogens (tertiary/aromatic N) is 2. The standard InChI is InChI=1S/C30H30BrN3O5S/c1-3-38-30(37)27-28(36)25(40-29(27)33-21-9-6-18(2)7-10-21)13-19-16-34(24-11-8-20(31)14-23(19)24)17-26(35)32-15-22-5-4-12-39-22/h6-11,13-14,16,22,36H,3-5,12,15,17H2,1-2H3,(H,32,35)/b25-13-,33-29?/t22-/m0/s1. The molecule has 1 aromatic heterocycles. The van der Waals surface area contributed by atoms with Crippen LogP contribution in [0.15, 0.2) is 74.4 Å². The summed E-state index contributed by atoms with van der Waals surface area (Å²) in [5.41, 5.74) is 3.45. The minimum atomic E-state index is -0.630. The van der Waals surface area contributed by atoms with Crippen molar-refractivity contribution in [1.29, 1.82) is 0 Å². The van der Waals surface area contributed by atoms with Gasteiger partial charge in [0.05, 0.1) is 23.3 Å². The summed E-state index contributed by atoms with van der Waals surface area (Å²) in [7, 11) is 0. The van der Waals surface area contributed by atoms with Gasteiger partial charge in [-0.05, 0) is 63.1 Å². The molecule has 2 N–H and O–H groups in total. The molecular formula is C30H30BrN3O5S. The van der Waals surface area contributed by atoms with Crippen LogP contribution in [0.25, 0.3) is 17.0 Å². The summed E-state index contributed by atoms with van der Waals surface area (Å²) in [6, 6.07) is 13.4. The Hall–Kier alpha value is -3.34. The second kappa shape index (κ2) is 12.4. The molecule has 3 heterocycles. The molecular weight excluding hydrogens is 594 g/mol. The van der Waals surface area contributed by atoms with Crippen molar-refractivity contribution in [2.75, 3.05) is 19.8 Å². The van der Waals surface area contributed by atoms with E-state index in [1.807, 2.05) is 66.2 Å². The Kier molecular flexibility index (Phi) is 8.78. The highest BCUT2D eigenvalue weighted by Crippen LogP contribution is 2.41. The van der Waals surface area contributed by atoms with E-state index in [2.05, 4.69) is 26.2 Å². The highest BCUT2D eigenvalue weighted by atomic mass is 79.9. The minimum Gasteiger partial charge on any atom is -0.506 e. The number of aliphatic hydroxyl groups excluding tert-OH is 1. The zero-order valence-electron chi connectivity index (χ0n) is 22.3. The van der Waals surface area contributed by atoms with E-state index in [-0.39, 0.29) is 36.5 Å². The van der Waals surface area contributed by atoms with Gasteiger partial charge in [0.15, 0.2) is 0 Å². The molecule has 208 valence electrons. The summed E-state index contributed by atoms with van der Waals surface area (Å²) < 4.78 is 13.6. The summed E-state index contributed by atoms with van der Waals surface area (Å²) in [5, 5.41) is 15.4. The van der Waals surface area contributed by atoms with E-state index in [1.165, 1.54) is 11.8 Å². The van der Waals surface area contributed by atoms with Crippen molar-refractivity contribution in [1.82, 2.24) is 9.88 Å². The van der Waals surface area contributed by atoms with E-state index in [9.17, 15) is 14.7 Å². The van der Waals surface area contributed by atoms with Crippen LogP contribution in [0.4, 0.5) is 5.69 Å². The Balaban J connectivity index is 1.48. The molecule has 0 spiro atoms. The van der Waals surface area contributed by atoms with E-state index in [0.717, 1.165) is 46.0 Å². The van der Waals surface area contributed by atoms with Gasteiger partial charge in [0.1, 0.15) is 22.9 Å². The SMILES string of the molecule is CCOC(=O)C1=C(O)/C(=C/c2cn(CC(=O)NC[C@@H]3CCCO3)c3ccc(Br)cc23)SC1=Nc1ccc(C)cc1. The normalized spacial score (nSPS) is 19.2. The zero-order chi connectivity index (χ0) is 28.2. The summed E-state index contributed by atoms with van der Waals surface area (Å²) in [6.07, 6.45) is 5.73. The number of hydrogen-bond donors (Lipinski definition) is 2. The van der Waals surface area contributed by atoms with Crippen LogP contribution < -0.4 is 5.32 Å². The van der Waals surface area contributed by atoms with Crippen LogP contribution in [0.1, 0.15) is 30.9 Å². The number of halogens is 1. The van der Waals surface area contributed by atoms with Crippen LogP contribution in [-0.4, -0.2) is 52.5 Å². The third-order valence-electron chi connectivity index (χ3n) is 6.66. The maximum atomic E-state index is 12.8. The molecule has 8 nitrogen and oxygen atoms in total. The van der Waals surface area contributed by atoms with Crippen molar-refractivity contribution in [2.24, 2.45) is 4.99 Å². The fourth-order valence-corrected chi connectivity index (χ4v) is 6.04. The Bertz CT molecular complexity index is 1530. The fraction of sp³-hybridized carbons (Fsp3) is 0.300. The number of amides is 1. The van der Waals surface area contributed by atoms with E-state index in [4.69, 9.17) is 9.47 Å². The lowest BCUT2D eigenvalue weighted by atomic mass is 10.1. The molecule has 5 rings (SSSR count). The van der Waals surface area contributed by atoms with Crippen molar-refractivity contribution in [2.45, 2.75) is 39.3 Å². The largest absolute Gasteiger partial charge is 0.506 e. The number of aryl methyl sites for hydroxylation is 1. The average molecular weight is 625 g/mol. The number of carbonyl (C=O) groups is 2. The van der Waals surface area contributed by atoms with Gasteiger partial charge in [0.25, 0.3) is 0 Å². The van der Waals surface area contributed by atoms with Gasteiger partial charge in [-0.3, -0.25) is 4.79 Å². The third-order valence-corrected chi connectivity index (χ3v) is 8.17. The smallest absolute Gasteiger partial charge is 0.344 e. The van der Waals surface area contributed by atoms with Crippen molar-refractivity contribution < 1.29 is 24.2 Å². The average Bonchev–Trinajstić information content (AvgIpc) is 3.63. The van der Waals surface area contributed by atoms with Crippen molar-refractivity contribution >= 4 is 67.3 Å². The highest BCUT2D eigenvalue weighted by Gasteiger charge is 2.33. The first-order chi connectivity index (χ1) is 19.3. The van der Waals surface area contributed by atoms with Crippen LogP contribution in [0.3, 0.4) is 0 Å². The first-order valence-electron chi connectivity index (χ1n) is 13.1. The maximum absolute atomic E-state index is 12.8. The van der Waals surface area contributed by atoms with Gasteiger partial charge in [-0.25, -0.2) is 9.79 Å². The molecule has 0 radical (unpaired) electrons. The molecule has 0 unspecified atom stereocenters. The number of nitrogens with one attached hydrogen (secondary N) is 1. The Morgan fingerprint density at radius 2 is 2.08 bits per heavy atom. The molecule has 0 saturated carbocycles. The number of ether oxygens (including phenoxy) is 2. The number of fused-ring (bicyclic) bond motifs is 1. The van der Waals surface area contributed by atoms with Crippen LogP contribution in [0.2, 0.25) is 0 Å². The van der Waals surface area contributed by atoms with Crippen molar-refractivity contribution in [3.05, 3.63) is 80.5 Å². The van der Waals surface area contributed by atoms with E-state index >= 15 is 0 Å². The molecule has 3 aromatic rings. The number of esters is 1. The van der Waals surface area contributed by atoms with Crippen molar-refractivity contribution in [3.63, 3.8) is 0 Å². The second-order valence-corrected chi connectivity index (χ2v) is 11.6. The van der Waals surface area contributed by atoms with Gasteiger partial charge in [-0.15, -0.1) is 0 Å². The molecule has 0 aliphatic carbocycles. The molecule has 40 heavy (non-hydrogen) atoms. The number of aliphatic hydroxyl groups is 1. The zero-order valence-corrected chi connectivity index (χ0v) is 24.7. The molecule has 1 amide bonds. The van der Waals surface area contributed by atoms with Crippen LogP contribution in [0.5, 0.6) is 0 Å².